The van der Waals surface area contributed by atoms with Crippen LogP contribution in [0.1, 0.15) is 25.7 Å². The molecule has 4 rings (SSSR count). The van der Waals surface area contributed by atoms with E-state index in [1.807, 2.05) is 12.1 Å². The van der Waals surface area contributed by atoms with Crippen LogP contribution in [0.4, 0.5) is 0 Å². The molecule has 4 heteroatoms. The van der Waals surface area contributed by atoms with Gasteiger partial charge >= 0.3 is 0 Å². The summed E-state index contributed by atoms with van der Waals surface area (Å²) in [7, 11) is 1.69. The lowest BCUT2D eigenvalue weighted by Crippen LogP contribution is -2.35. The Hall–Kier alpha value is -2.30. The molecule has 0 spiro atoms. The molecule has 4 nitrogen and oxygen atoms in total. The second kappa shape index (κ2) is 8.80. The van der Waals surface area contributed by atoms with E-state index in [4.69, 9.17) is 4.74 Å². The first kappa shape index (κ1) is 19.0. The number of fused-ring (bicyclic) bond motifs is 1. The monoisotopic (exact) mass is 378 g/mol. The van der Waals surface area contributed by atoms with Crippen molar-refractivity contribution in [2.24, 2.45) is 0 Å². The fraction of sp³-hybridized carbons (Fsp3) is 0.417. The van der Waals surface area contributed by atoms with Gasteiger partial charge in [-0.15, -0.1) is 0 Å². The molecule has 0 aliphatic carbocycles. The first-order valence-electron chi connectivity index (χ1n) is 10.4. The van der Waals surface area contributed by atoms with Crippen molar-refractivity contribution in [1.29, 1.82) is 0 Å². The van der Waals surface area contributed by atoms with E-state index in [9.17, 15) is 5.11 Å². The third-order valence-corrected chi connectivity index (χ3v) is 5.76. The number of nitrogens with zero attached hydrogens (tertiary/aromatic N) is 2. The Balaban J connectivity index is 1.60. The van der Waals surface area contributed by atoms with Gasteiger partial charge in [0.1, 0.15) is 5.75 Å². The largest absolute Gasteiger partial charge is 0.497 e. The molecular formula is C24H30N2O2. The average molecular weight is 379 g/mol. The third kappa shape index (κ3) is 4.23. The molecule has 1 aliphatic rings. The maximum atomic E-state index is 10.9. The van der Waals surface area contributed by atoms with E-state index in [1.54, 1.807) is 7.11 Å². The molecule has 2 aromatic carbocycles. The van der Waals surface area contributed by atoms with Gasteiger partial charge in [0.05, 0.1) is 19.8 Å². The fourth-order valence-corrected chi connectivity index (χ4v) is 4.29. The number of aliphatic hydroxyl groups is 1. The molecule has 1 aromatic heterocycles. The van der Waals surface area contributed by atoms with Crippen LogP contribution < -0.4 is 4.74 Å². The van der Waals surface area contributed by atoms with Crippen LogP contribution in [-0.2, 0) is 6.54 Å². The van der Waals surface area contributed by atoms with Gasteiger partial charge in [-0.25, -0.2) is 0 Å². The number of hydrogen-bond acceptors (Lipinski definition) is 3. The Morgan fingerprint density at radius 1 is 0.929 bits per heavy atom. The maximum Gasteiger partial charge on any atom is 0.118 e. The molecule has 0 bridgehead atoms. The van der Waals surface area contributed by atoms with E-state index in [2.05, 4.69) is 51.9 Å². The lowest BCUT2D eigenvalue weighted by molar-refractivity contribution is 0.101. The molecule has 1 N–H and O–H groups in total. The topological polar surface area (TPSA) is 37.6 Å². The molecule has 1 fully saturated rings. The van der Waals surface area contributed by atoms with Crippen LogP contribution in [0.5, 0.6) is 5.75 Å². The summed E-state index contributed by atoms with van der Waals surface area (Å²) in [6.07, 6.45) is 4.74. The van der Waals surface area contributed by atoms with Crippen molar-refractivity contribution in [3.8, 4) is 17.0 Å². The number of β-amino-alcohol motifs (C(OH)–C–C–N with tert-alkyl or cyclic N) is 1. The highest BCUT2D eigenvalue weighted by molar-refractivity contribution is 5.87. The number of aromatic nitrogens is 1. The van der Waals surface area contributed by atoms with Gasteiger partial charge in [-0.3, -0.25) is 0 Å². The van der Waals surface area contributed by atoms with Gasteiger partial charge in [0.25, 0.3) is 0 Å². The molecule has 0 amide bonds. The second-order valence-corrected chi connectivity index (χ2v) is 7.80. The smallest absolute Gasteiger partial charge is 0.118 e. The molecule has 0 radical (unpaired) electrons. The first-order chi connectivity index (χ1) is 13.7. The molecular weight excluding hydrogens is 348 g/mol. The summed E-state index contributed by atoms with van der Waals surface area (Å²) >= 11 is 0. The number of methoxy groups -OCH3 is 1. The van der Waals surface area contributed by atoms with Crippen LogP contribution >= 0.6 is 0 Å². The average Bonchev–Trinajstić information content (AvgIpc) is 2.88. The maximum absolute atomic E-state index is 10.9. The minimum Gasteiger partial charge on any atom is -0.497 e. The minimum absolute atomic E-state index is 0.383. The number of rotatable bonds is 6. The Bertz CT molecular complexity index is 893. The van der Waals surface area contributed by atoms with Gasteiger partial charge in [0.15, 0.2) is 0 Å². The van der Waals surface area contributed by atoms with Crippen molar-refractivity contribution < 1.29 is 9.84 Å². The third-order valence-electron chi connectivity index (χ3n) is 5.76. The van der Waals surface area contributed by atoms with Gasteiger partial charge in [0, 0.05) is 23.1 Å². The summed E-state index contributed by atoms with van der Waals surface area (Å²) in [6.45, 7) is 3.56. The van der Waals surface area contributed by atoms with Gasteiger partial charge in [-0.05, 0) is 67.9 Å². The van der Waals surface area contributed by atoms with Crippen LogP contribution in [0, 0.1) is 0 Å². The summed E-state index contributed by atoms with van der Waals surface area (Å²) in [5, 5.41) is 12.1. The number of aliphatic hydroxyl groups excluding tert-OH is 1. The van der Waals surface area contributed by atoms with Crippen molar-refractivity contribution in [3.05, 3.63) is 54.6 Å². The highest BCUT2D eigenvalue weighted by atomic mass is 16.5. The number of ether oxygens (including phenoxy) is 1. The number of benzene rings is 2. The minimum atomic E-state index is -0.383. The summed E-state index contributed by atoms with van der Waals surface area (Å²) in [6, 6.07) is 18.8. The lowest BCUT2D eigenvalue weighted by atomic mass is 10.1. The standard InChI is InChI=1S/C24H30N2O2/c1-28-22-12-10-19(11-13-22)24-16-20-8-4-5-9-23(20)26(24)18-21(27)17-25-14-6-2-3-7-15-25/h4-5,8-13,16,21,27H,2-3,6-7,14-15,17-18H2,1H3. The molecule has 28 heavy (non-hydrogen) atoms. The van der Waals surface area contributed by atoms with Crippen LogP contribution in [0.2, 0.25) is 0 Å². The van der Waals surface area contributed by atoms with Crippen molar-refractivity contribution in [2.45, 2.75) is 38.3 Å². The first-order valence-corrected chi connectivity index (χ1v) is 10.4. The van der Waals surface area contributed by atoms with Crippen molar-refractivity contribution in [3.63, 3.8) is 0 Å². The Labute approximate surface area is 167 Å². The van der Waals surface area contributed by atoms with E-state index in [0.717, 1.165) is 36.6 Å². The molecule has 1 aliphatic heterocycles. The van der Waals surface area contributed by atoms with Gasteiger partial charge in [-0.1, -0.05) is 31.0 Å². The molecule has 1 saturated heterocycles. The molecule has 2 heterocycles. The Morgan fingerprint density at radius 3 is 2.36 bits per heavy atom. The predicted molar refractivity (Wildman–Crippen MR) is 115 cm³/mol. The molecule has 1 unspecified atom stereocenters. The van der Waals surface area contributed by atoms with E-state index in [0.29, 0.717) is 6.54 Å². The van der Waals surface area contributed by atoms with Crippen LogP contribution in [0.15, 0.2) is 54.6 Å². The van der Waals surface area contributed by atoms with Gasteiger partial charge in [-0.2, -0.15) is 0 Å². The zero-order valence-electron chi connectivity index (χ0n) is 16.7. The summed E-state index contributed by atoms with van der Waals surface area (Å²) in [5.74, 6) is 0.854. The van der Waals surface area contributed by atoms with E-state index in [-0.39, 0.29) is 6.10 Å². The summed E-state index contributed by atoms with van der Waals surface area (Å²) in [4.78, 5) is 2.43. The molecule has 0 saturated carbocycles. The SMILES string of the molecule is COc1ccc(-c2cc3ccccc3n2CC(O)CN2CCCCCC2)cc1. The fourth-order valence-electron chi connectivity index (χ4n) is 4.29. The lowest BCUT2D eigenvalue weighted by Gasteiger charge is -2.24. The van der Waals surface area contributed by atoms with Crippen molar-refractivity contribution >= 4 is 10.9 Å². The second-order valence-electron chi connectivity index (χ2n) is 7.80. The molecule has 1 atom stereocenters. The number of likely N-dealkylation sites (tertiary alicyclic amines) is 1. The number of hydrogen-bond donors (Lipinski definition) is 1. The van der Waals surface area contributed by atoms with Crippen molar-refractivity contribution in [2.75, 3.05) is 26.7 Å². The Kier molecular flexibility index (Phi) is 5.98. The Morgan fingerprint density at radius 2 is 1.64 bits per heavy atom. The number of para-hydroxylation sites is 1. The highest BCUT2D eigenvalue weighted by Crippen LogP contribution is 2.30. The molecule has 3 aromatic rings. The van der Waals surface area contributed by atoms with E-state index >= 15 is 0 Å². The summed E-state index contributed by atoms with van der Waals surface area (Å²) in [5.41, 5.74) is 3.45. The van der Waals surface area contributed by atoms with E-state index in [1.165, 1.54) is 36.6 Å². The highest BCUT2D eigenvalue weighted by Gasteiger charge is 2.17. The van der Waals surface area contributed by atoms with E-state index < -0.39 is 0 Å². The van der Waals surface area contributed by atoms with Crippen LogP contribution in [-0.4, -0.2) is 47.4 Å². The zero-order chi connectivity index (χ0) is 19.3. The predicted octanol–water partition coefficient (Wildman–Crippen LogP) is 4.55. The van der Waals surface area contributed by atoms with Crippen LogP contribution in [0.3, 0.4) is 0 Å². The van der Waals surface area contributed by atoms with Crippen LogP contribution in [0.25, 0.3) is 22.2 Å². The summed E-state index contributed by atoms with van der Waals surface area (Å²) < 4.78 is 7.56. The molecule has 148 valence electrons. The normalized spacial score (nSPS) is 16.8. The van der Waals surface area contributed by atoms with Crippen molar-refractivity contribution in [1.82, 2.24) is 9.47 Å². The van der Waals surface area contributed by atoms with Gasteiger partial charge < -0.3 is 19.3 Å². The quantitative estimate of drug-likeness (QED) is 0.684. The van der Waals surface area contributed by atoms with Gasteiger partial charge in [0.2, 0.25) is 0 Å². The zero-order valence-corrected chi connectivity index (χ0v) is 16.7.